The fourth-order valence-electron chi connectivity index (χ4n) is 4.43. The number of rotatable bonds is 9. The molecule has 1 fully saturated rings. The van der Waals surface area contributed by atoms with E-state index in [0.29, 0.717) is 5.92 Å². The van der Waals surface area contributed by atoms with Gasteiger partial charge < -0.3 is 9.47 Å². The van der Waals surface area contributed by atoms with E-state index in [1.165, 1.54) is 43.9 Å². The van der Waals surface area contributed by atoms with Crippen LogP contribution in [0.3, 0.4) is 0 Å². The summed E-state index contributed by atoms with van der Waals surface area (Å²) in [7, 11) is 0. The Balaban J connectivity index is 1.52. The smallest absolute Gasteiger partial charge is 0.403 e. The van der Waals surface area contributed by atoms with Crippen LogP contribution >= 0.6 is 0 Å². The summed E-state index contributed by atoms with van der Waals surface area (Å²) in [4.78, 5) is 0. The van der Waals surface area contributed by atoms with Crippen molar-refractivity contribution in [3.63, 3.8) is 0 Å². The molecule has 0 N–H and O–H groups in total. The molecule has 0 bridgehead atoms. The van der Waals surface area contributed by atoms with Crippen molar-refractivity contribution in [1.29, 1.82) is 0 Å². The van der Waals surface area contributed by atoms with Gasteiger partial charge in [-0.2, -0.15) is 8.78 Å². The van der Waals surface area contributed by atoms with Crippen LogP contribution in [0.1, 0.15) is 68.1 Å². The van der Waals surface area contributed by atoms with Gasteiger partial charge in [-0.25, -0.2) is 4.39 Å². The average molecular weight is 474 g/mol. The summed E-state index contributed by atoms with van der Waals surface area (Å²) in [6.45, 7) is 1.75. The lowest BCUT2D eigenvalue weighted by molar-refractivity contribution is -0.275. The molecule has 1 aliphatic carbocycles. The van der Waals surface area contributed by atoms with Crippen molar-refractivity contribution in [2.24, 2.45) is 5.92 Å². The molecule has 33 heavy (non-hydrogen) atoms. The van der Waals surface area contributed by atoms with Crippen molar-refractivity contribution < 1.29 is 35.8 Å². The predicted octanol–water partition coefficient (Wildman–Crippen LogP) is 8.11. The van der Waals surface area contributed by atoms with Crippen molar-refractivity contribution in [3.8, 4) is 5.75 Å². The molecular formula is C25H28F6O2. The number of hydrogen-bond acceptors (Lipinski definition) is 2. The van der Waals surface area contributed by atoms with Crippen LogP contribution in [-0.4, -0.2) is 13.0 Å². The maximum Gasteiger partial charge on any atom is 0.573 e. The second-order valence-electron chi connectivity index (χ2n) is 8.56. The third-order valence-corrected chi connectivity index (χ3v) is 6.16. The van der Waals surface area contributed by atoms with Crippen molar-refractivity contribution in [3.05, 3.63) is 65.0 Å². The summed E-state index contributed by atoms with van der Waals surface area (Å²) in [5, 5.41) is 0. The molecule has 1 aliphatic rings. The minimum absolute atomic E-state index is 0.0993. The van der Waals surface area contributed by atoms with Gasteiger partial charge >= 0.3 is 12.5 Å². The number of alkyl halides is 5. The van der Waals surface area contributed by atoms with Crippen molar-refractivity contribution in [1.82, 2.24) is 0 Å². The van der Waals surface area contributed by atoms with Crippen LogP contribution in [0.2, 0.25) is 0 Å². The molecule has 3 rings (SSSR count). The van der Waals surface area contributed by atoms with Gasteiger partial charge in [-0.15, -0.1) is 13.2 Å². The van der Waals surface area contributed by atoms with Gasteiger partial charge in [0, 0.05) is 0 Å². The fraction of sp³-hybridized carbons (Fsp3) is 0.520. The summed E-state index contributed by atoms with van der Waals surface area (Å²) in [5.41, 5.74) is 0.999. The maximum atomic E-state index is 14.5. The summed E-state index contributed by atoms with van der Waals surface area (Å²) >= 11 is 0. The molecule has 0 aliphatic heterocycles. The van der Waals surface area contributed by atoms with Gasteiger partial charge in [-0.3, -0.25) is 0 Å². The van der Waals surface area contributed by atoms with Gasteiger partial charge in [0.25, 0.3) is 0 Å². The summed E-state index contributed by atoms with van der Waals surface area (Å²) in [6.07, 6.45) is -1.74. The molecule has 0 amide bonds. The van der Waals surface area contributed by atoms with E-state index in [9.17, 15) is 26.3 Å². The maximum absolute atomic E-state index is 14.5. The van der Waals surface area contributed by atoms with Crippen LogP contribution in [0.4, 0.5) is 26.3 Å². The van der Waals surface area contributed by atoms with Gasteiger partial charge in [0.05, 0.1) is 12.2 Å². The lowest BCUT2D eigenvalue weighted by Crippen LogP contribution is -2.20. The summed E-state index contributed by atoms with van der Waals surface area (Å²) in [5.74, 6) is -1.04. The number of ether oxygens (including phenoxy) is 2. The topological polar surface area (TPSA) is 18.5 Å². The van der Waals surface area contributed by atoms with E-state index < -0.39 is 30.6 Å². The van der Waals surface area contributed by atoms with Gasteiger partial charge in [0.2, 0.25) is 0 Å². The lowest BCUT2D eigenvalue weighted by Gasteiger charge is -2.29. The Morgan fingerprint density at radius 1 is 0.909 bits per heavy atom. The van der Waals surface area contributed by atoms with Crippen LogP contribution in [0.5, 0.6) is 5.75 Å². The highest BCUT2D eigenvalue weighted by molar-refractivity contribution is 5.30. The highest BCUT2D eigenvalue weighted by Crippen LogP contribution is 2.38. The Hall–Kier alpha value is -2.22. The standard InChI is InChI=1S/C25H28F6O2/c1-2-3-17-4-7-19(8-5-17)20-9-11-21(12-10-20)24(27,28)32-15-14-18-6-13-23(22(26)16-18)33-25(29,30)31/h6,9-13,16-17,19H,2-5,7-8,14-15H2,1H3. The van der Waals surface area contributed by atoms with Crippen LogP contribution in [0.25, 0.3) is 0 Å². The molecule has 0 aromatic heterocycles. The molecule has 0 spiro atoms. The summed E-state index contributed by atoms with van der Waals surface area (Å²) in [6, 6.07) is 9.00. The zero-order chi connectivity index (χ0) is 24.1. The minimum atomic E-state index is -5.02. The van der Waals surface area contributed by atoms with E-state index in [1.54, 1.807) is 12.1 Å². The Labute approximate surface area is 189 Å². The van der Waals surface area contributed by atoms with Crippen LogP contribution in [-0.2, 0) is 17.3 Å². The highest BCUT2D eigenvalue weighted by atomic mass is 19.4. The van der Waals surface area contributed by atoms with Gasteiger partial charge in [0.1, 0.15) is 0 Å². The Kier molecular flexibility index (Phi) is 8.32. The Morgan fingerprint density at radius 3 is 2.15 bits per heavy atom. The Bertz CT molecular complexity index is 887. The first-order chi connectivity index (χ1) is 15.6. The Morgan fingerprint density at radius 2 is 1.58 bits per heavy atom. The van der Waals surface area contributed by atoms with Gasteiger partial charge in [-0.1, -0.05) is 50.1 Å². The van der Waals surface area contributed by atoms with Crippen LogP contribution in [0.15, 0.2) is 42.5 Å². The third-order valence-electron chi connectivity index (χ3n) is 6.16. The molecule has 8 heteroatoms. The zero-order valence-corrected chi connectivity index (χ0v) is 18.4. The van der Waals surface area contributed by atoms with Crippen LogP contribution < -0.4 is 4.74 Å². The molecule has 2 aromatic carbocycles. The molecule has 0 radical (unpaired) electrons. The minimum Gasteiger partial charge on any atom is -0.403 e. The molecule has 0 heterocycles. The first-order valence-corrected chi connectivity index (χ1v) is 11.2. The number of benzene rings is 2. The third kappa shape index (κ3) is 7.39. The predicted molar refractivity (Wildman–Crippen MR) is 113 cm³/mol. The first kappa shape index (κ1) is 25.4. The monoisotopic (exact) mass is 474 g/mol. The van der Waals surface area contributed by atoms with Gasteiger partial charge in [0.15, 0.2) is 11.6 Å². The quantitative estimate of drug-likeness (QED) is 0.342. The van der Waals surface area contributed by atoms with Crippen molar-refractivity contribution in [2.75, 3.05) is 6.61 Å². The normalized spacial score (nSPS) is 19.5. The highest BCUT2D eigenvalue weighted by Gasteiger charge is 2.34. The zero-order valence-electron chi connectivity index (χ0n) is 18.4. The lowest BCUT2D eigenvalue weighted by atomic mass is 9.77. The van der Waals surface area contributed by atoms with E-state index in [4.69, 9.17) is 4.74 Å². The van der Waals surface area contributed by atoms with Crippen molar-refractivity contribution in [2.45, 2.75) is 70.3 Å². The molecular weight excluding hydrogens is 446 g/mol. The van der Waals surface area contributed by atoms with Crippen LogP contribution in [0, 0.1) is 11.7 Å². The molecule has 1 saturated carbocycles. The molecule has 0 unspecified atom stereocenters. The SMILES string of the molecule is CCCC1CCC(c2ccc(C(F)(F)OCCc3ccc(OC(F)(F)F)c(F)c3)cc2)CC1. The molecule has 2 aromatic rings. The number of hydrogen-bond donors (Lipinski definition) is 0. The van der Waals surface area contributed by atoms with Gasteiger partial charge in [-0.05, 0) is 67.2 Å². The second-order valence-corrected chi connectivity index (χ2v) is 8.56. The van der Waals surface area contributed by atoms with E-state index in [2.05, 4.69) is 11.7 Å². The molecule has 2 nitrogen and oxygen atoms in total. The molecule has 182 valence electrons. The van der Waals surface area contributed by atoms with E-state index in [0.717, 1.165) is 36.5 Å². The average Bonchev–Trinajstić information content (AvgIpc) is 2.76. The summed E-state index contributed by atoms with van der Waals surface area (Å²) < 4.78 is 87.5. The van der Waals surface area contributed by atoms with E-state index in [1.807, 2.05) is 0 Å². The van der Waals surface area contributed by atoms with Crippen molar-refractivity contribution >= 4 is 0 Å². The molecule has 0 saturated heterocycles. The first-order valence-electron chi connectivity index (χ1n) is 11.2. The number of halogens is 6. The largest absolute Gasteiger partial charge is 0.573 e. The fourth-order valence-corrected chi connectivity index (χ4v) is 4.43. The molecule has 0 atom stereocenters. The van der Waals surface area contributed by atoms with E-state index in [-0.39, 0.29) is 17.5 Å². The van der Waals surface area contributed by atoms with E-state index >= 15 is 0 Å². The second kappa shape index (κ2) is 10.8.